The minimum Gasteiger partial charge on any atom is -0.495 e. The Hall–Kier alpha value is -3.22. The van der Waals surface area contributed by atoms with Gasteiger partial charge in [-0.1, -0.05) is 19.1 Å². The minimum absolute atomic E-state index is 0.0521. The van der Waals surface area contributed by atoms with Gasteiger partial charge in [0.1, 0.15) is 5.75 Å². The van der Waals surface area contributed by atoms with Crippen LogP contribution in [0, 0.1) is 5.92 Å². The number of carbonyl (C=O) groups excluding carboxylic acids is 2. The number of anilines is 3. The highest BCUT2D eigenvalue weighted by Crippen LogP contribution is 2.32. The molecule has 33 heavy (non-hydrogen) atoms. The second-order valence-corrected chi connectivity index (χ2v) is 9.03. The van der Waals surface area contributed by atoms with E-state index in [1.54, 1.807) is 7.11 Å². The average molecular weight is 451 g/mol. The van der Waals surface area contributed by atoms with Crippen molar-refractivity contribution in [1.82, 2.24) is 4.90 Å². The van der Waals surface area contributed by atoms with Crippen LogP contribution < -0.4 is 19.9 Å². The molecule has 2 fully saturated rings. The SMILES string of the molecule is COc1ccccc1N1CCN(c2ccc(NC(C)=O)cc2C(=O)N2CCC(C)CC2)CC1. The zero-order valence-corrected chi connectivity index (χ0v) is 19.8. The highest BCUT2D eigenvalue weighted by Gasteiger charge is 2.27. The van der Waals surface area contributed by atoms with Crippen molar-refractivity contribution in [2.24, 2.45) is 5.92 Å². The summed E-state index contributed by atoms with van der Waals surface area (Å²) in [5.74, 6) is 1.44. The molecule has 7 heteroatoms. The number of likely N-dealkylation sites (tertiary alicyclic amines) is 1. The molecule has 0 aromatic heterocycles. The second-order valence-electron chi connectivity index (χ2n) is 9.03. The fourth-order valence-electron chi connectivity index (χ4n) is 4.73. The summed E-state index contributed by atoms with van der Waals surface area (Å²) in [6, 6.07) is 13.8. The molecule has 4 rings (SSSR count). The van der Waals surface area contributed by atoms with Crippen molar-refractivity contribution in [3.63, 3.8) is 0 Å². The number of carbonyl (C=O) groups is 2. The summed E-state index contributed by atoms with van der Waals surface area (Å²) < 4.78 is 5.54. The molecule has 2 aliphatic rings. The molecule has 0 aliphatic carbocycles. The van der Waals surface area contributed by atoms with E-state index in [-0.39, 0.29) is 11.8 Å². The lowest BCUT2D eigenvalue weighted by Crippen LogP contribution is -2.47. The van der Waals surface area contributed by atoms with E-state index in [1.165, 1.54) is 6.92 Å². The van der Waals surface area contributed by atoms with E-state index in [4.69, 9.17) is 4.74 Å². The number of methoxy groups -OCH3 is 1. The third-order valence-corrected chi connectivity index (χ3v) is 6.66. The van der Waals surface area contributed by atoms with Gasteiger partial charge < -0.3 is 24.8 Å². The van der Waals surface area contributed by atoms with Gasteiger partial charge in [-0.2, -0.15) is 0 Å². The van der Waals surface area contributed by atoms with Crippen molar-refractivity contribution in [3.8, 4) is 5.75 Å². The Morgan fingerprint density at radius 3 is 2.18 bits per heavy atom. The molecule has 7 nitrogen and oxygen atoms in total. The summed E-state index contributed by atoms with van der Waals surface area (Å²) in [5.41, 5.74) is 3.36. The molecule has 0 saturated carbocycles. The number of piperidine rings is 1. The molecule has 0 unspecified atom stereocenters. The first-order chi connectivity index (χ1) is 16.0. The molecule has 2 aromatic carbocycles. The van der Waals surface area contributed by atoms with Gasteiger partial charge in [0.05, 0.1) is 18.4 Å². The van der Waals surface area contributed by atoms with Crippen LogP contribution >= 0.6 is 0 Å². The largest absolute Gasteiger partial charge is 0.495 e. The maximum atomic E-state index is 13.5. The molecule has 176 valence electrons. The van der Waals surface area contributed by atoms with Gasteiger partial charge in [-0.05, 0) is 49.1 Å². The van der Waals surface area contributed by atoms with Crippen LogP contribution in [0.1, 0.15) is 37.0 Å². The number of piperazine rings is 1. The number of hydrogen-bond donors (Lipinski definition) is 1. The normalized spacial score (nSPS) is 17.1. The number of ether oxygens (including phenoxy) is 1. The van der Waals surface area contributed by atoms with Crippen molar-refractivity contribution in [3.05, 3.63) is 48.0 Å². The number of para-hydroxylation sites is 2. The lowest BCUT2D eigenvalue weighted by Gasteiger charge is -2.39. The highest BCUT2D eigenvalue weighted by atomic mass is 16.5. The van der Waals surface area contributed by atoms with Gasteiger partial charge in [0.15, 0.2) is 0 Å². The Kier molecular flexibility index (Phi) is 7.06. The smallest absolute Gasteiger partial charge is 0.256 e. The first-order valence-electron chi connectivity index (χ1n) is 11.8. The molecule has 2 saturated heterocycles. The van der Waals surface area contributed by atoms with Gasteiger partial charge in [-0.3, -0.25) is 9.59 Å². The van der Waals surface area contributed by atoms with Gasteiger partial charge in [0.25, 0.3) is 5.91 Å². The lowest BCUT2D eigenvalue weighted by molar-refractivity contribution is -0.114. The number of hydrogen-bond acceptors (Lipinski definition) is 5. The van der Waals surface area contributed by atoms with Gasteiger partial charge in [0, 0.05) is 57.6 Å². The first-order valence-corrected chi connectivity index (χ1v) is 11.8. The zero-order valence-electron chi connectivity index (χ0n) is 19.8. The van der Waals surface area contributed by atoms with Crippen molar-refractivity contribution in [2.75, 3.05) is 61.5 Å². The summed E-state index contributed by atoms with van der Waals surface area (Å²) in [7, 11) is 1.70. The molecule has 0 bridgehead atoms. The molecular formula is C26H34N4O3. The van der Waals surface area contributed by atoms with Crippen LogP contribution in [-0.2, 0) is 4.79 Å². The number of nitrogens with one attached hydrogen (secondary N) is 1. The number of rotatable bonds is 5. The fraction of sp³-hybridized carbons (Fsp3) is 0.462. The Labute approximate surface area is 196 Å². The maximum Gasteiger partial charge on any atom is 0.256 e. The van der Waals surface area contributed by atoms with Gasteiger partial charge >= 0.3 is 0 Å². The van der Waals surface area contributed by atoms with Crippen LogP contribution in [0.5, 0.6) is 5.75 Å². The van der Waals surface area contributed by atoms with Gasteiger partial charge in [-0.25, -0.2) is 0 Å². The van der Waals surface area contributed by atoms with Gasteiger partial charge in [0.2, 0.25) is 5.91 Å². The molecule has 1 N–H and O–H groups in total. The summed E-state index contributed by atoms with van der Waals surface area (Å²) in [6.07, 6.45) is 2.06. The predicted octanol–water partition coefficient (Wildman–Crippen LogP) is 3.85. The molecule has 0 spiro atoms. The minimum atomic E-state index is -0.140. The van der Waals surface area contributed by atoms with Crippen molar-refractivity contribution >= 4 is 28.9 Å². The molecule has 2 heterocycles. The lowest BCUT2D eigenvalue weighted by atomic mass is 9.98. The van der Waals surface area contributed by atoms with E-state index in [0.29, 0.717) is 17.2 Å². The van der Waals surface area contributed by atoms with Crippen LogP contribution in [-0.4, -0.2) is 63.1 Å². The summed E-state index contributed by atoms with van der Waals surface area (Å²) in [5, 5.41) is 2.83. The van der Waals surface area contributed by atoms with Crippen molar-refractivity contribution in [2.45, 2.75) is 26.7 Å². The average Bonchev–Trinajstić information content (AvgIpc) is 2.84. The van der Waals surface area contributed by atoms with Crippen LogP contribution in [0.25, 0.3) is 0 Å². The molecule has 0 radical (unpaired) electrons. The summed E-state index contributed by atoms with van der Waals surface area (Å²) >= 11 is 0. The van der Waals surface area contributed by atoms with E-state index < -0.39 is 0 Å². The van der Waals surface area contributed by atoms with Crippen LogP contribution in [0.2, 0.25) is 0 Å². The van der Waals surface area contributed by atoms with E-state index in [1.807, 2.05) is 41.3 Å². The summed E-state index contributed by atoms with van der Waals surface area (Å²) in [4.78, 5) is 31.7. The second kappa shape index (κ2) is 10.1. The van der Waals surface area contributed by atoms with Crippen molar-refractivity contribution < 1.29 is 14.3 Å². The molecular weight excluding hydrogens is 416 g/mol. The Morgan fingerprint density at radius 2 is 1.55 bits per heavy atom. The molecule has 2 amide bonds. The third kappa shape index (κ3) is 5.24. The van der Waals surface area contributed by atoms with E-state index in [2.05, 4.69) is 28.1 Å². The number of amides is 2. The Balaban J connectivity index is 1.55. The fourth-order valence-corrected chi connectivity index (χ4v) is 4.73. The highest BCUT2D eigenvalue weighted by molar-refractivity contribution is 6.02. The number of nitrogens with zero attached hydrogens (tertiary/aromatic N) is 3. The standard InChI is InChI=1S/C26H34N4O3/c1-19-10-12-30(13-11-19)26(32)22-18-21(27-20(2)31)8-9-23(22)28-14-16-29(17-15-28)24-6-4-5-7-25(24)33-3/h4-9,18-19H,10-17H2,1-3H3,(H,27,31). The zero-order chi connectivity index (χ0) is 23.4. The van der Waals surface area contributed by atoms with E-state index in [9.17, 15) is 9.59 Å². The van der Waals surface area contributed by atoms with E-state index >= 15 is 0 Å². The molecule has 0 atom stereocenters. The Morgan fingerprint density at radius 1 is 0.909 bits per heavy atom. The number of benzene rings is 2. The van der Waals surface area contributed by atoms with Crippen LogP contribution in [0.15, 0.2) is 42.5 Å². The quantitative estimate of drug-likeness (QED) is 0.750. The third-order valence-electron chi connectivity index (χ3n) is 6.66. The van der Waals surface area contributed by atoms with Gasteiger partial charge in [-0.15, -0.1) is 0 Å². The first kappa shape index (κ1) is 23.0. The maximum absolute atomic E-state index is 13.5. The molecule has 2 aromatic rings. The van der Waals surface area contributed by atoms with Crippen LogP contribution in [0.4, 0.5) is 17.1 Å². The monoisotopic (exact) mass is 450 g/mol. The Bertz CT molecular complexity index is 993. The topological polar surface area (TPSA) is 65.1 Å². The summed E-state index contributed by atoms with van der Waals surface area (Å²) in [6.45, 7) is 8.57. The van der Waals surface area contributed by atoms with Crippen molar-refractivity contribution in [1.29, 1.82) is 0 Å². The van der Waals surface area contributed by atoms with E-state index in [0.717, 1.165) is 69.2 Å². The predicted molar refractivity (Wildman–Crippen MR) is 132 cm³/mol. The molecule has 2 aliphatic heterocycles. The van der Waals surface area contributed by atoms with Crippen LogP contribution in [0.3, 0.4) is 0 Å².